The number of hydrogen-bond acceptors (Lipinski definition) is 4. The van der Waals surface area contributed by atoms with Crippen LogP contribution in [0.3, 0.4) is 0 Å². The molecule has 0 unspecified atom stereocenters. The SMILES string of the molecule is Cc1cc(Cl)ccc1NC(=O)COC(=O)c1ccco1. The van der Waals surface area contributed by atoms with Crippen LogP contribution in [-0.4, -0.2) is 18.5 Å². The normalized spacial score (nSPS) is 10.1. The summed E-state index contributed by atoms with van der Waals surface area (Å²) in [6.07, 6.45) is 1.35. The first kappa shape index (κ1) is 14.1. The Bertz CT molecular complexity index is 622. The van der Waals surface area contributed by atoms with Gasteiger partial charge in [0.05, 0.1) is 6.26 Å². The van der Waals surface area contributed by atoms with Crippen LogP contribution < -0.4 is 5.32 Å². The molecule has 104 valence electrons. The number of anilines is 1. The number of carbonyl (C=O) groups excluding carboxylic acids is 2. The maximum absolute atomic E-state index is 11.7. The van der Waals surface area contributed by atoms with Crippen LogP contribution in [-0.2, 0) is 9.53 Å². The molecule has 0 atom stereocenters. The zero-order valence-corrected chi connectivity index (χ0v) is 11.4. The minimum Gasteiger partial charge on any atom is -0.457 e. The Morgan fingerprint density at radius 2 is 2.15 bits per heavy atom. The maximum Gasteiger partial charge on any atom is 0.374 e. The highest BCUT2D eigenvalue weighted by Gasteiger charge is 2.13. The van der Waals surface area contributed by atoms with E-state index in [0.29, 0.717) is 10.7 Å². The van der Waals surface area contributed by atoms with E-state index >= 15 is 0 Å². The number of rotatable bonds is 4. The van der Waals surface area contributed by atoms with E-state index in [4.69, 9.17) is 20.8 Å². The van der Waals surface area contributed by atoms with Crippen molar-refractivity contribution in [3.8, 4) is 0 Å². The molecule has 0 aliphatic heterocycles. The van der Waals surface area contributed by atoms with Gasteiger partial charge in [0.1, 0.15) is 0 Å². The summed E-state index contributed by atoms with van der Waals surface area (Å²) in [6, 6.07) is 8.10. The third kappa shape index (κ3) is 3.61. The van der Waals surface area contributed by atoms with Gasteiger partial charge in [-0.2, -0.15) is 0 Å². The van der Waals surface area contributed by atoms with Gasteiger partial charge >= 0.3 is 5.97 Å². The molecule has 2 aromatic rings. The Hall–Kier alpha value is -2.27. The smallest absolute Gasteiger partial charge is 0.374 e. The van der Waals surface area contributed by atoms with E-state index in [1.165, 1.54) is 12.3 Å². The van der Waals surface area contributed by atoms with E-state index in [2.05, 4.69) is 5.32 Å². The molecule has 0 radical (unpaired) electrons. The van der Waals surface area contributed by atoms with Gasteiger partial charge < -0.3 is 14.5 Å². The minimum absolute atomic E-state index is 0.0560. The fourth-order valence-corrected chi connectivity index (χ4v) is 1.78. The second-order valence-electron chi connectivity index (χ2n) is 4.06. The van der Waals surface area contributed by atoms with Crippen molar-refractivity contribution < 1.29 is 18.7 Å². The Labute approximate surface area is 120 Å². The molecule has 20 heavy (non-hydrogen) atoms. The molecule has 0 spiro atoms. The van der Waals surface area contributed by atoms with E-state index in [1.54, 1.807) is 24.3 Å². The zero-order valence-electron chi connectivity index (χ0n) is 10.7. The summed E-state index contributed by atoms with van der Waals surface area (Å²) in [7, 11) is 0. The van der Waals surface area contributed by atoms with Crippen molar-refractivity contribution in [2.24, 2.45) is 0 Å². The number of aryl methyl sites for hydroxylation is 1. The van der Waals surface area contributed by atoms with Crippen LogP contribution in [0, 0.1) is 6.92 Å². The minimum atomic E-state index is -0.682. The fourth-order valence-electron chi connectivity index (χ4n) is 1.55. The molecule has 1 heterocycles. The highest BCUT2D eigenvalue weighted by Crippen LogP contribution is 2.19. The summed E-state index contributed by atoms with van der Waals surface area (Å²) in [5.41, 5.74) is 1.44. The summed E-state index contributed by atoms with van der Waals surface area (Å²) in [4.78, 5) is 23.1. The average Bonchev–Trinajstić information content (AvgIpc) is 2.93. The monoisotopic (exact) mass is 293 g/mol. The van der Waals surface area contributed by atoms with E-state index in [0.717, 1.165) is 5.56 Å². The highest BCUT2D eigenvalue weighted by molar-refractivity contribution is 6.30. The number of ether oxygens (including phenoxy) is 1. The summed E-state index contributed by atoms with van der Waals surface area (Å²) in [5, 5.41) is 3.22. The molecule has 1 aromatic carbocycles. The fraction of sp³-hybridized carbons (Fsp3) is 0.143. The number of benzene rings is 1. The van der Waals surface area contributed by atoms with Gasteiger partial charge in [-0.05, 0) is 42.8 Å². The predicted octanol–water partition coefficient (Wildman–Crippen LogP) is 3.04. The quantitative estimate of drug-likeness (QED) is 0.880. The lowest BCUT2D eigenvalue weighted by atomic mass is 10.2. The first-order valence-corrected chi connectivity index (χ1v) is 6.20. The Morgan fingerprint density at radius 3 is 2.80 bits per heavy atom. The molecule has 0 aliphatic rings. The number of esters is 1. The molecule has 6 heteroatoms. The Morgan fingerprint density at radius 1 is 1.35 bits per heavy atom. The molecule has 2 rings (SSSR count). The van der Waals surface area contributed by atoms with Gasteiger partial charge in [-0.1, -0.05) is 11.6 Å². The predicted molar refractivity (Wildman–Crippen MR) is 73.8 cm³/mol. The van der Waals surface area contributed by atoms with E-state index in [1.807, 2.05) is 6.92 Å². The van der Waals surface area contributed by atoms with Crippen LogP contribution in [0.25, 0.3) is 0 Å². The number of halogens is 1. The van der Waals surface area contributed by atoms with Crippen LogP contribution >= 0.6 is 11.6 Å². The lowest BCUT2D eigenvalue weighted by Crippen LogP contribution is -2.21. The molecular formula is C14H12ClNO4. The van der Waals surface area contributed by atoms with Crippen LogP contribution in [0.15, 0.2) is 41.0 Å². The third-order valence-corrected chi connectivity index (χ3v) is 2.75. The Kier molecular flexibility index (Phi) is 4.42. The van der Waals surface area contributed by atoms with Crippen LogP contribution in [0.2, 0.25) is 5.02 Å². The molecule has 0 bridgehead atoms. The summed E-state index contributed by atoms with van der Waals surface area (Å²) in [5.74, 6) is -1.06. The lowest BCUT2D eigenvalue weighted by Gasteiger charge is -2.08. The van der Waals surface area contributed by atoms with E-state index < -0.39 is 11.9 Å². The average molecular weight is 294 g/mol. The second kappa shape index (κ2) is 6.25. The van der Waals surface area contributed by atoms with Crippen molar-refractivity contribution in [2.45, 2.75) is 6.92 Å². The van der Waals surface area contributed by atoms with Gasteiger partial charge in [0.2, 0.25) is 5.76 Å². The summed E-state index contributed by atoms with van der Waals surface area (Å²) >= 11 is 5.82. The van der Waals surface area contributed by atoms with Gasteiger partial charge in [0, 0.05) is 10.7 Å². The zero-order chi connectivity index (χ0) is 14.5. The van der Waals surface area contributed by atoms with Gasteiger partial charge in [-0.3, -0.25) is 4.79 Å². The highest BCUT2D eigenvalue weighted by atomic mass is 35.5. The van der Waals surface area contributed by atoms with Crippen LogP contribution in [0.1, 0.15) is 16.1 Å². The third-order valence-electron chi connectivity index (χ3n) is 2.52. The molecule has 0 aliphatic carbocycles. The van der Waals surface area contributed by atoms with Crippen molar-refractivity contribution in [2.75, 3.05) is 11.9 Å². The van der Waals surface area contributed by atoms with Gasteiger partial charge in [-0.25, -0.2) is 4.79 Å². The van der Waals surface area contributed by atoms with Crippen molar-refractivity contribution in [3.05, 3.63) is 52.9 Å². The molecule has 0 fully saturated rings. The molecule has 0 saturated heterocycles. The van der Waals surface area contributed by atoms with Crippen LogP contribution in [0.5, 0.6) is 0 Å². The molecule has 1 N–H and O–H groups in total. The number of furan rings is 1. The van der Waals surface area contributed by atoms with E-state index in [9.17, 15) is 9.59 Å². The summed E-state index contributed by atoms with van der Waals surface area (Å²) in [6.45, 7) is 1.43. The number of hydrogen-bond donors (Lipinski definition) is 1. The largest absolute Gasteiger partial charge is 0.457 e. The molecule has 1 aromatic heterocycles. The summed E-state index contributed by atoms with van der Waals surface area (Å²) < 4.78 is 9.67. The molecular weight excluding hydrogens is 282 g/mol. The van der Waals surface area contributed by atoms with Crippen molar-refractivity contribution >= 4 is 29.2 Å². The van der Waals surface area contributed by atoms with Gasteiger partial charge in [-0.15, -0.1) is 0 Å². The van der Waals surface area contributed by atoms with Crippen molar-refractivity contribution in [3.63, 3.8) is 0 Å². The van der Waals surface area contributed by atoms with Gasteiger partial charge in [0.15, 0.2) is 6.61 Å². The number of nitrogens with one attached hydrogen (secondary N) is 1. The molecule has 1 amide bonds. The second-order valence-corrected chi connectivity index (χ2v) is 4.50. The Balaban J connectivity index is 1.88. The lowest BCUT2D eigenvalue weighted by molar-refractivity contribution is -0.119. The number of carbonyl (C=O) groups is 2. The standard InChI is InChI=1S/C14H12ClNO4/c1-9-7-10(15)4-5-11(9)16-13(17)8-20-14(18)12-3-2-6-19-12/h2-7H,8H2,1H3,(H,16,17). The first-order chi connectivity index (χ1) is 9.56. The maximum atomic E-state index is 11.7. The topological polar surface area (TPSA) is 68.5 Å². The molecule has 5 nitrogen and oxygen atoms in total. The van der Waals surface area contributed by atoms with Crippen LogP contribution in [0.4, 0.5) is 5.69 Å². The van der Waals surface area contributed by atoms with Crippen molar-refractivity contribution in [1.29, 1.82) is 0 Å². The molecule has 0 saturated carbocycles. The number of amides is 1. The van der Waals surface area contributed by atoms with E-state index in [-0.39, 0.29) is 12.4 Å². The van der Waals surface area contributed by atoms with Gasteiger partial charge in [0.25, 0.3) is 5.91 Å². The first-order valence-electron chi connectivity index (χ1n) is 5.83. The van der Waals surface area contributed by atoms with Crippen molar-refractivity contribution in [1.82, 2.24) is 0 Å².